The second-order valence-electron chi connectivity index (χ2n) is 5.93. The molecule has 0 fully saturated rings. The normalized spacial score (nSPS) is 11.9. The minimum absolute atomic E-state index is 0.198. The molecule has 128 valence electrons. The molecule has 0 spiro atoms. The zero-order valence-electron chi connectivity index (χ0n) is 14.7. The number of carbonyl (C=O) groups is 1. The van der Waals surface area contributed by atoms with Gasteiger partial charge in [0, 0.05) is 11.8 Å². The molecule has 0 aromatic heterocycles. The lowest BCUT2D eigenvalue weighted by Gasteiger charge is -2.16. The van der Waals surface area contributed by atoms with E-state index in [1.54, 1.807) is 13.0 Å². The number of nitrogens with one attached hydrogen (secondary N) is 1. The Morgan fingerprint density at radius 2 is 1.75 bits per heavy atom. The fourth-order valence-corrected chi connectivity index (χ4v) is 2.26. The molecule has 0 saturated heterocycles. The summed E-state index contributed by atoms with van der Waals surface area (Å²) in [6, 6.07) is 15.2. The molecule has 4 heteroatoms. The van der Waals surface area contributed by atoms with Crippen LogP contribution in [0.3, 0.4) is 0 Å². The Hall–Kier alpha value is -2.49. The molecule has 2 aromatic carbocycles. The van der Waals surface area contributed by atoms with Crippen molar-refractivity contribution in [3.63, 3.8) is 0 Å². The monoisotopic (exact) mass is 327 g/mol. The Labute approximate surface area is 143 Å². The van der Waals surface area contributed by atoms with E-state index in [1.165, 1.54) is 5.56 Å². The number of benzene rings is 2. The third kappa shape index (κ3) is 5.01. The highest BCUT2D eigenvalue weighted by Gasteiger charge is 2.15. The van der Waals surface area contributed by atoms with Crippen molar-refractivity contribution in [1.29, 1.82) is 0 Å². The molecule has 1 atom stereocenters. The zero-order valence-corrected chi connectivity index (χ0v) is 14.7. The maximum absolute atomic E-state index is 12.3. The van der Waals surface area contributed by atoms with Crippen LogP contribution in [0.2, 0.25) is 0 Å². The topological polar surface area (TPSA) is 47.6 Å². The van der Waals surface area contributed by atoms with Crippen LogP contribution in [0.4, 0.5) is 5.69 Å². The molecule has 0 aliphatic rings. The van der Waals surface area contributed by atoms with Crippen molar-refractivity contribution < 1.29 is 14.3 Å². The molecule has 2 rings (SSSR count). The van der Waals surface area contributed by atoms with Crippen LogP contribution in [-0.4, -0.2) is 18.6 Å². The van der Waals surface area contributed by atoms with E-state index in [-0.39, 0.29) is 5.91 Å². The van der Waals surface area contributed by atoms with Crippen molar-refractivity contribution in [2.45, 2.75) is 39.7 Å². The minimum atomic E-state index is -0.592. The van der Waals surface area contributed by atoms with Gasteiger partial charge in [0.1, 0.15) is 11.5 Å². The molecule has 0 aliphatic heterocycles. The van der Waals surface area contributed by atoms with Crippen LogP contribution in [0.5, 0.6) is 11.5 Å². The average Bonchev–Trinajstić information content (AvgIpc) is 2.56. The van der Waals surface area contributed by atoms with Gasteiger partial charge in [-0.05, 0) is 49.6 Å². The number of amides is 1. The molecule has 1 N–H and O–H groups in total. The van der Waals surface area contributed by atoms with Crippen LogP contribution in [-0.2, 0) is 4.79 Å². The van der Waals surface area contributed by atoms with Crippen LogP contribution in [0, 0.1) is 0 Å². The number of hydrogen-bond donors (Lipinski definition) is 1. The van der Waals surface area contributed by atoms with Gasteiger partial charge in [-0.3, -0.25) is 4.79 Å². The van der Waals surface area contributed by atoms with Crippen LogP contribution in [0.1, 0.15) is 39.2 Å². The van der Waals surface area contributed by atoms with Gasteiger partial charge in [0.05, 0.1) is 6.61 Å². The molecule has 24 heavy (non-hydrogen) atoms. The first-order valence-electron chi connectivity index (χ1n) is 8.30. The van der Waals surface area contributed by atoms with Gasteiger partial charge in [0.25, 0.3) is 5.91 Å². The Morgan fingerprint density at radius 3 is 2.38 bits per heavy atom. The van der Waals surface area contributed by atoms with Gasteiger partial charge >= 0.3 is 0 Å². The van der Waals surface area contributed by atoms with E-state index < -0.39 is 6.10 Å². The lowest BCUT2D eigenvalue weighted by atomic mass is 10.0. The lowest BCUT2D eigenvalue weighted by Crippen LogP contribution is -2.30. The van der Waals surface area contributed by atoms with E-state index >= 15 is 0 Å². The zero-order chi connectivity index (χ0) is 17.5. The van der Waals surface area contributed by atoms with E-state index in [0.717, 1.165) is 5.75 Å². The average molecular weight is 327 g/mol. The van der Waals surface area contributed by atoms with Gasteiger partial charge in [-0.1, -0.05) is 32.0 Å². The first-order valence-corrected chi connectivity index (χ1v) is 8.30. The van der Waals surface area contributed by atoms with Gasteiger partial charge in [0.2, 0.25) is 0 Å². The highest BCUT2D eigenvalue weighted by atomic mass is 16.5. The standard InChI is InChI=1S/C20H25NO3/c1-5-23-19-8-6-7-17(13-19)21-20(22)15(4)24-18-11-9-16(10-12-18)14(2)3/h6-15H,5H2,1-4H3,(H,21,22). The van der Waals surface area contributed by atoms with Gasteiger partial charge in [0.15, 0.2) is 6.10 Å². The summed E-state index contributed by atoms with van der Waals surface area (Å²) < 4.78 is 11.1. The van der Waals surface area contributed by atoms with Crippen molar-refractivity contribution in [2.75, 3.05) is 11.9 Å². The Balaban J connectivity index is 1.95. The van der Waals surface area contributed by atoms with Gasteiger partial charge in [-0.2, -0.15) is 0 Å². The van der Waals surface area contributed by atoms with Gasteiger partial charge < -0.3 is 14.8 Å². The summed E-state index contributed by atoms with van der Waals surface area (Å²) in [6.07, 6.45) is -0.592. The molecule has 0 saturated carbocycles. The Bertz CT molecular complexity index is 665. The number of hydrogen-bond acceptors (Lipinski definition) is 3. The van der Waals surface area contributed by atoms with Gasteiger partial charge in [-0.25, -0.2) is 0 Å². The van der Waals surface area contributed by atoms with E-state index in [0.29, 0.717) is 24.0 Å². The van der Waals surface area contributed by atoms with Crippen LogP contribution in [0.15, 0.2) is 48.5 Å². The van der Waals surface area contributed by atoms with Crippen molar-refractivity contribution in [3.05, 3.63) is 54.1 Å². The van der Waals surface area contributed by atoms with Crippen molar-refractivity contribution in [2.24, 2.45) is 0 Å². The summed E-state index contributed by atoms with van der Waals surface area (Å²) >= 11 is 0. The smallest absolute Gasteiger partial charge is 0.265 e. The van der Waals surface area contributed by atoms with E-state index in [1.807, 2.05) is 49.4 Å². The van der Waals surface area contributed by atoms with Crippen LogP contribution >= 0.6 is 0 Å². The Kier molecular flexibility index (Phi) is 6.24. The maximum atomic E-state index is 12.3. The number of anilines is 1. The number of rotatable bonds is 7. The highest BCUT2D eigenvalue weighted by molar-refractivity contribution is 5.94. The fourth-order valence-electron chi connectivity index (χ4n) is 2.26. The lowest BCUT2D eigenvalue weighted by molar-refractivity contribution is -0.122. The van der Waals surface area contributed by atoms with Crippen molar-refractivity contribution in [1.82, 2.24) is 0 Å². The van der Waals surface area contributed by atoms with Crippen molar-refractivity contribution in [3.8, 4) is 11.5 Å². The molecule has 0 heterocycles. The molecule has 4 nitrogen and oxygen atoms in total. The third-order valence-electron chi connectivity index (χ3n) is 3.64. The first-order chi connectivity index (χ1) is 11.5. The van der Waals surface area contributed by atoms with Crippen LogP contribution < -0.4 is 14.8 Å². The summed E-state index contributed by atoms with van der Waals surface area (Å²) in [4.78, 5) is 12.3. The molecule has 0 aliphatic carbocycles. The largest absolute Gasteiger partial charge is 0.494 e. The Morgan fingerprint density at radius 1 is 1.04 bits per heavy atom. The molecular formula is C20H25NO3. The molecule has 1 amide bonds. The van der Waals surface area contributed by atoms with Gasteiger partial charge in [-0.15, -0.1) is 0 Å². The minimum Gasteiger partial charge on any atom is -0.494 e. The maximum Gasteiger partial charge on any atom is 0.265 e. The molecule has 1 unspecified atom stereocenters. The quantitative estimate of drug-likeness (QED) is 0.807. The van der Waals surface area contributed by atoms with E-state index in [2.05, 4.69) is 19.2 Å². The molecule has 2 aromatic rings. The van der Waals surface area contributed by atoms with E-state index in [4.69, 9.17) is 9.47 Å². The first kappa shape index (κ1) is 17.9. The summed E-state index contributed by atoms with van der Waals surface area (Å²) in [5, 5.41) is 2.85. The third-order valence-corrected chi connectivity index (χ3v) is 3.64. The summed E-state index contributed by atoms with van der Waals surface area (Å²) in [7, 11) is 0. The highest BCUT2D eigenvalue weighted by Crippen LogP contribution is 2.20. The van der Waals surface area contributed by atoms with Crippen molar-refractivity contribution >= 4 is 11.6 Å². The van der Waals surface area contributed by atoms with Crippen LogP contribution in [0.25, 0.3) is 0 Å². The summed E-state index contributed by atoms with van der Waals surface area (Å²) in [6.45, 7) is 8.53. The SMILES string of the molecule is CCOc1cccc(NC(=O)C(C)Oc2ccc(C(C)C)cc2)c1. The summed E-state index contributed by atoms with van der Waals surface area (Å²) in [5.41, 5.74) is 1.93. The number of carbonyl (C=O) groups excluding carboxylic acids is 1. The fraction of sp³-hybridized carbons (Fsp3) is 0.350. The predicted octanol–water partition coefficient (Wildman–Crippen LogP) is 4.61. The summed E-state index contributed by atoms with van der Waals surface area (Å²) in [5.74, 6) is 1.69. The second-order valence-corrected chi connectivity index (χ2v) is 5.93. The molecule has 0 bridgehead atoms. The molecule has 0 radical (unpaired) electrons. The predicted molar refractivity (Wildman–Crippen MR) is 96.9 cm³/mol. The number of ether oxygens (including phenoxy) is 2. The van der Waals surface area contributed by atoms with E-state index in [9.17, 15) is 4.79 Å². The molecular weight excluding hydrogens is 302 g/mol. The second kappa shape index (κ2) is 8.39.